The van der Waals surface area contributed by atoms with Crippen LogP contribution in [0.2, 0.25) is 0 Å². The van der Waals surface area contributed by atoms with E-state index in [4.69, 9.17) is 28.0 Å². The molecule has 0 saturated heterocycles. The summed E-state index contributed by atoms with van der Waals surface area (Å²) in [6.07, 6.45) is 5.44. The van der Waals surface area contributed by atoms with E-state index in [0.717, 1.165) is 11.3 Å². The van der Waals surface area contributed by atoms with Crippen molar-refractivity contribution in [1.29, 1.82) is 0 Å². The summed E-state index contributed by atoms with van der Waals surface area (Å²) in [5, 5.41) is 3.89. The van der Waals surface area contributed by atoms with Gasteiger partial charge in [-0.1, -0.05) is 23.4 Å². The molecule has 0 saturated carbocycles. The summed E-state index contributed by atoms with van der Waals surface area (Å²) in [4.78, 5) is 5.06. The second-order valence-electron chi connectivity index (χ2n) is 2.34. The van der Waals surface area contributed by atoms with E-state index in [1.165, 1.54) is 0 Å². The number of allylic oxidation sites excluding steroid dienone is 1. The monoisotopic (exact) mass is 229 g/mol. The molecule has 0 radical (unpaired) electrons. The highest BCUT2D eigenvalue weighted by Gasteiger charge is 1.99. The Balaban J connectivity index is 0.000000293. The summed E-state index contributed by atoms with van der Waals surface area (Å²) in [6, 6.07) is 7.77. The first-order valence-electron chi connectivity index (χ1n) is 3.96. The zero-order valence-electron chi connectivity index (χ0n) is 7.36. The van der Waals surface area contributed by atoms with E-state index in [1.54, 1.807) is 6.21 Å². The Bertz CT molecular complexity index is 337. The van der Waals surface area contributed by atoms with Crippen LogP contribution in [0.4, 0.5) is 0 Å². The van der Waals surface area contributed by atoms with Crippen molar-refractivity contribution >= 4 is 35.5 Å². The van der Waals surface area contributed by atoms with Crippen molar-refractivity contribution in [1.82, 2.24) is 0 Å². The summed E-state index contributed by atoms with van der Waals surface area (Å²) < 4.78 is 0. The molecule has 1 aliphatic rings. The lowest BCUT2D eigenvalue weighted by atomic mass is 10.2. The number of fused-ring (bicyclic) bond motifs is 1. The third-order valence-electron chi connectivity index (χ3n) is 1.49. The van der Waals surface area contributed by atoms with Crippen LogP contribution in [0.1, 0.15) is 5.56 Å². The van der Waals surface area contributed by atoms with Gasteiger partial charge in [0.1, 0.15) is 0 Å². The Morgan fingerprint density at radius 3 is 2.71 bits per heavy atom. The predicted octanol–water partition coefficient (Wildman–Crippen LogP) is 3.50. The lowest BCUT2D eigenvalue weighted by molar-refractivity contribution is 0.344. The first-order chi connectivity index (χ1) is 6.88. The van der Waals surface area contributed by atoms with Crippen molar-refractivity contribution < 1.29 is 4.84 Å². The largest absolute Gasteiger partial charge is 0.356 e. The molecule has 0 atom stereocenters. The fourth-order valence-electron chi connectivity index (χ4n) is 0.970. The van der Waals surface area contributed by atoms with Crippen LogP contribution in [0.5, 0.6) is 5.75 Å². The molecule has 1 aliphatic heterocycles. The van der Waals surface area contributed by atoms with Crippen molar-refractivity contribution in [2.24, 2.45) is 5.16 Å². The second-order valence-corrected chi connectivity index (χ2v) is 3.15. The fourth-order valence-corrected chi connectivity index (χ4v) is 0.970. The summed E-state index contributed by atoms with van der Waals surface area (Å²) in [7, 11) is 0. The number of para-hydroxylation sites is 1. The summed E-state index contributed by atoms with van der Waals surface area (Å²) in [5.41, 5.74) is 1.06. The standard InChI is InChI=1S/C9H7NO.CH2Cl2/c1-2-6-9-8(4-1)5-3-7-10-11-9;2-1-3/h1-7H;1H2. The number of benzene rings is 1. The fraction of sp³-hybridized carbons (Fsp3) is 0.100. The quantitative estimate of drug-likeness (QED) is 0.625. The summed E-state index contributed by atoms with van der Waals surface area (Å²) in [5.74, 6) is 0.803. The minimum atomic E-state index is 0.194. The highest BCUT2D eigenvalue weighted by atomic mass is 35.5. The van der Waals surface area contributed by atoms with Crippen molar-refractivity contribution in [3.05, 3.63) is 35.9 Å². The van der Waals surface area contributed by atoms with Gasteiger partial charge in [0.25, 0.3) is 0 Å². The van der Waals surface area contributed by atoms with Crippen LogP contribution in [0.25, 0.3) is 6.08 Å². The van der Waals surface area contributed by atoms with E-state index >= 15 is 0 Å². The van der Waals surface area contributed by atoms with E-state index in [-0.39, 0.29) is 5.34 Å². The number of nitrogens with zero attached hydrogens (tertiary/aromatic N) is 1. The Hall–Kier alpha value is -0.990. The minimum absolute atomic E-state index is 0.194. The maximum absolute atomic E-state index is 5.06. The van der Waals surface area contributed by atoms with Gasteiger partial charge in [0.2, 0.25) is 0 Å². The molecule has 74 valence electrons. The van der Waals surface area contributed by atoms with Crippen LogP contribution in [0.3, 0.4) is 0 Å². The van der Waals surface area contributed by atoms with Gasteiger partial charge in [-0.3, -0.25) is 0 Å². The Morgan fingerprint density at radius 2 is 1.93 bits per heavy atom. The first kappa shape index (κ1) is 11.1. The van der Waals surface area contributed by atoms with Gasteiger partial charge in [-0.2, -0.15) is 0 Å². The number of hydrogen-bond donors (Lipinski definition) is 0. The van der Waals surface area contributed by atoms with E-state index in [9.17, 15) is 0 Å². The van der Waals surface area contributed by atoms with Gasteiger partial charge >= 0.3 is 0 Å². The molecule has 4 heteroatoms. The van der Waals surface area contributed by atoms with Gasteiger partial charge in [0.15, 0.2) is 5.75 Å². The molecule has 0 N–H and O–H groups in total. The van der Waals surface area contributed by atoms with Gasteiger partial charge in [-0.15, -0.1) is 23.2 Å². The zero-order valence-corrected chi connectivity index (χ0v) is 8.87. The normalized spacial score (nSPS) is 11.9. The molecule has 1 aromatic rings. The Labute approximate surface area is 92.8 Å². The lowest BCUT2D eigenvalue weighted by Gasteiger charge is -1.98. The molecule has 2 nitrogen and oxygen atoms in total. The third-order valence-corrected chi connectivity index (χ3v) is 1.49. The predicted molar refractivity (Wildman–Crippen MR) is 61.2 cm³/mol. The van der Waals surface area contributed by atoms with Gasteiger partial charge in [0.05, 0.1) is 11.6 Å². The van der Waals surface area contributed by atoms with Crippen LogP contribution in [0, 0.1) is 0 Å². The molecule has 14 heavy (non-hydrogen) atoms. The van der Waals surface area contributed by atoms with E-state index in [1.807, 2.05) is 36.4 Å². The molecule has 0 aromatic heterocycles. The number of alkyl halides is 2. The topological polar surface area (TPSA) is 21.6 Å². The molecule has 1 aromatic carbocycles. The smallest absolute Gasteiger partial charge is 0.165 e. The van der Waals surface area contributed by atoms with Crippen LogP contribution in [-0.4, -0.2) is 11.6 Å². The van der Waals surface area contributed by atoms with E-state index in [2.05, 4.69) is 5.16 Å². The zero-order chi connectivity index (χ0) is 10.2. The van der Waals surface area contributed by atoms with Crippen molar-refractivity contribution in [2.75, 3.05) is 5.34 Å². The summed E-state index contributed by atoms with van der Waals surface area (Å²) in [6.45, 7) is 0. The van der Waals surface area contributed by atoms with Crippen LogP contribution in [0.15, 0.2) is 35.5 Å². The van der Waals surface area contributed by atoms with Gasteiger partial charge in [-0.25, -0.2) is 0 Å². The molecular formula is C10H9Cl2NO. The maximum Gasteiger partial charge on any atom is 0.165 e. The molecule has 0 spiro atoms. The molecule has 0 bridgehead atoms. The molecule has 0 aliphatic carbocycles. The SMILES string of the molecule is C1=Cc2ccccc2ON=C1.ClCCl. The van der Waals surface area contributed by atoms with Crippen molar-refractivity contribution in [3.8, 4) is 5.75 Å². The van der Waals surface area contributed by atoms with Crippen LogP contribution >= 0.6 is 23.2 Å². The molecule has 1 heterocycles. The lowest BCUT2D eigenvalue weighted by Crippen LogP contribution is -1.82. The number of oxime groups is 1. The van der Waals surface area contributed by atoms with Crippen molar-refractivity contribution in [2.45, 2.75) is 0 Å². The summed E-state index contributed by atoms with van der Waals surface area (Å²) >= 11 is 9.53. The number of rotatable bonds is 0. The molecule has 0 amide bonds. The Kier molecular flexibility index (Phi) is 5.12. The third kappa shape index (κ3) is 3.40. The average Bonchev–Trinajstić information content (AvgIpc) is 2.43. The van der Waals surface area contributed by atoms with Crippen LogP contribution < -0.4 is 4.84 Å². The van der Waals surface area contributed by atoms with E-state index < -0.39 is 0 Å². The number of halogens is 2. The average molecular weight is 230 g/mol. The highest BCUT2D eigenvalue weighted by molar-refractivity contribution is 6.40. The molecular weight excluding hydrogens is 221 g/mol. The van der Waals surface area contributed by atoms with E-state index in [0.29, 0.717) is 0 Å². The van der Waals surface area contributed by atoms with Gasteiger partial charge < -0.3 is 4.84 Å². The second kappa shape index (κ2) is 6.46. The maximum atomic E-state index is 5.06. The first-order valence-corrected chi connectivity index (χ1v) is 5.03. The van der Waals surface area contributed by atoms with Crippen LogP contribution in [-0.2, 0) is 0 Å². The van der Waals surface area contributed by atoms with Gasteiger partial charge in [0, 0.05) is 5.56 Å². The number of hydrogen-bond acceptors (Lipinski definition) is 2. The molecule has 0 unspecified atom stereocenters. The van der Waals surface area contributed by atoms with Gasteiger partial charge in [-0.05, 0) is 18.2 Å². The minimum Gasteiger partial charge on any atom is -0.356 e. The molecule has 0 fully saturated rings. The highest BCUT2D eigenvalue weighted by Crippen LogP contribution is 2.20. The van der Waals surface area contributed by atoms with Crippen molar-refractivity contribution in [3.63, 3.8) is 0 Å². The molecule has 2 rings (SSSR count). The Morgan fingerprint density at radius 1 is 1.21 bits per heavy atom.